The van der Waals surface area contributed by atoms with Crippen molar-refractivity contribution in [3.8, 4) is 0 Å². The number of nitrogens with zero attached hydrogens (tertiary/aromatic N) is 3. The molecule has 1 aliphatic rings. The lowest BCUT2D eigenvalue weighted by Gasteiger charge is -2.31. The van der Waals surface area contributed by atoms with Crippen LogP contribution in [0.25, 0.3) is 0 Å². The maximum atomic E-state index is 12.3. The Morgan fingerprint density at radius 2 is 2.09 bits per heavy atom. The number of likely N-dealkylation sites (tertiary alicyclic amines) is 1. The minimum absolute atomic E-state index is 0.0262. The van der Waals surface area contributed by atoms with E-state index in [9.17, 15) is 9.59 Å². The number of rotatable bonds is 3. The first-order valence-electron chi connectivity index (χ1n) is 7.18. The first kappa shape index (κ1) is 15.2. The number of hydrogen-bond donors (Lipinski definition) is 0. The molecule has 0 bridgehead atoms. The van der Waals surface area contributed by atoms with Gasteiger partial charge in [0.2, 0.25) is 0 Å². The SMILES string of the molecule is O=C(c1ccc(Cl)s1)N1CCC(Cn2cnccc2=O)CC1. The topological polar surface area (TPSA) is 55.2 Å². The monoisotopic (exact) mass is 337 g/mol. The summed E-state index contributed by atoms with van der Waals surface area (Å²) in [4.78, 5) is 30.6. The highest BCUT2D eigenvalue weighted by Gasteiger charge is 2.24. The average molecular weight is 338 g/mol. The van der Waals surface area contributed by atoms with Crippen LogP contribution in [0, 0.1) is 5.92 Å². The third kappa shape index (κ3) is 3.39. The Hall–Kier alpha value is -1.66. The molecule has 1 amide bonds. The molecule has 0 aliphatic carbocycles. The first-order valence-corrected chi connectivity index (χ1v) is 8.38. The van der Waals surface area contributed by atoms with Crippen LogP contribution in [0.15, 0.2) is 35.5 Å². The van der Waals surface area contributed by atoms with Gasteiger partial charge in [0.1, 0.15) is 0 Å². The van der Waals surface area contributed by atoms with Crippen molar-refractivity contribution in [2.75, 3.05) is 13.1 Å². The Bertz CT molecular complexity index is 719. The summed E-state index contributed by atoms with van der Waals surface area (Å²) in [5.41, 5.74) is -0.0262. The van der Waals surface area contributed by atoms with Gasteiger partial charge in [0.05, 0.1) is 15.5 Å². The van der Waals surface area contributed by atoms with Crippen molar-refractivity contribution < 1.29 is 4.79 Å². The minimum Gasteiger partial charge on any atom is -0.338 e. The van der Waals surface area contributed by atoms with Gasteiger partial charge < -0.3 is 4.90 Å². The number of halogens is 1. The molecule has 3 rings (SSSR count). The van der Waals surface area contributed by atoms with E-state index in [0.717, 1.165) is 12.8 Å². The molecule has 0 aromatic carbocycles. The highest BCUT2D eigenvalue weighted by Crippen LogP contribution is 2.25. The van der Waals surface area contributed by atoms with Crippen LogP contribution in [0.5, 0.6) is 0 Å². The van der Waals surface area contributed by atoms with Crippen molar-refractivity contribution in [1.82, 2.24) is 14.5 Å². The molecule has 0 spiro atoms. The van der Waals surface area contributed by atoms with Crippen molar-refractivity contribution in [2.24, 2.45) is 5.92 Å². The van der Waals surface area contributed by atoms with E-state index >= 15 is 0 Å². The zero-order chi connectivity index (χ0) is 15.5. The zero-order valence-electron chi connectivity index (χ0n) is 11.9. The smallest absolute Gasteiger partial charge is 0.263 e. The molecule has 1 fully saturated rings. The summed E-state index contributed by atoms with van der Waals surface area (Å²) in [6.07, 6.45) is 4.87. The number of aromatic nitrogens is 2. The Morgan fingerprint density at radius 1 is 1.32 bits per heavy atom. The lowest BCUT2D eigenvalue weighted by Crippen LogP contribution is -2.39. The number of carbonyl (C=O) groups excluding carboxylic acids is 1. The third-order valence-corrected chi connectivity index (χ3v) is 5.15. The summed E-state index contributed by atoms with van der Waals surface area (Å²) in [7, 11) is 0. The molecule has 5 nitrogen and oxygen atoms in total. The van der Waals surface area contributed by atoms with Gasteiger partial charge in [0.15, 0.2) is 0 Å². The summed E-state index contributed by atoms with van der Waals surface area (Å²) in [6, 6.07) is 5.00. The number of carbonyl (C=O) groups is 1. The molecular weight excluding hydrogens is 322 g/mol. The van der Waals surface area contributed by atoms with Crippen LogP contribution < -0.4 is 5.56 Å². The summed E-state index contributed by atoms with van der Waals surface area (Å²) < 4.78 is 2.27. The average Bonchev–Trinajstić information content (AvgIpc) is 2.96. The molecule has 3 heterocycles. The van der Waals surface area contributed by atoms with Crippen LogP contribution in [0.2, 0.25) is 4.34 Å². The Kier molecular flexibility index (Phi) is 4.59. The molecule has 116 valence electrons. The molecule has 1 saturated heterocycles. The van der Waals surface area contributed by atoms with Gasteiger partial charge in [-0.25, -0.2) is 4.98 Å². The fraction of sp³-hybridized carbons (Fsp3) is 0.400. The zero-order valence-corrected chi connectivity index (χ0v) is 13.5. The lowest BCUT2D eigenvalue weighted by molar-refractivity contribution is 0.0687. The normalized spacial score (nSPS) is 16.0. The van der Waals surface area contributed by atoms with Crippen molar-refractivity contribution in [3.05, 3.63) is 50.3 Å². The number of hydrogen-bond acceptors (Lipinski definition) is 4. The summed E-state index contributed by atoms with van der Waals surface area (Å²) in [6.45, 7) is 2.10. The molecule has 0 N–H and O–H groups in total. The largest absolute Gasteiger partial charge is 0.338 e. The summed E-state index contributed by atoms with van der Waals surface area (Å²) in [5.74, 6) is 0.451. The van der Waals surface area contributed by atoms with Crippen molar-refractivity contribution in [2.45, 2.75) is 19.4 Å². The molecule has 0 atom stereocenters. The van der Waals surface area contributed by atoms with Gasteiger partial charge in [-0.2, -0.15) is 0 Å². The van der Waals surface area contributed by atoms with Crippen LogP contribution in [-0.4, -0.2) is 33.4 Å². The number of amides is 1. The maximum Gasteiger partial charge on any atom is 0.263 e. The Labute approximate surface area is 137 Å². The quantitative estimate of drug-likeness (QED) is 0.864. The van der Waals surface area contributed by atoms with Crippen LogP contribution >= 0.6 is 22.9 Å². The molecule has 0 saturated carbocycles. The molecule has 2 aromatic heterocycles. The summed E-state index contributed by atoms with van der Waals surface area (Å²) >= 11 is 7.20. The van der Waals surface area contributed by atoms with Gasteiger partial charge in [0.25, 0.3) is 11.5 Å². The highest BCUT2D eigenvalue weighted by molar-refractivity contribution is 7.17. The Morgan fingerprint density at radius 3 is 2.73 bits per heavy atom. The fourth-order valence-corrected chi connectivity index (χ4v) is 3.71. The fourth-order valence-electron chi connectivity index (χ4n) is 2.70. The third-order valence-electron chi connectivity index (χ3n) is 3.93. The molecule has 1 aliphatic heterocycles. The van der Waals surface area contributed by atoms with E-state index in [-0.39, 0.29) is 11.5 Å². The van der Waals surface area contributed by atoms with Gasteiger partial charge in [-0.3, -0.25) is 14.2 Å². The first-order chi connectivity index (χ1) is 10.6. The predicted molar refractivity (Wildman–Crippen MR) is 86.5 cm³/mol. The Balaban J connectivity index is 1.57. The van der Waals surface area contributed by atoms with E-state index in [4.69, 9.17) is 11.6 Å². The van der Waals surface area contributed by atoms with Gasteiger partial charge in [-0.15, -0.1) is 11.3 Å². The molecular formula is C15H16ClN3O2S. The molecule has 0 radical (unpaired) electrons. The van der Waals surface area contributed by atoms with Crippen LogP contribution in [0.1, 0.15) is 22.5 Å². The van der Waals surface area contributed by atoms with Gasteiger partial charge in [0, 0.05) is 31.9 Å². The van der Waals surface area contributed by atoms with Gasteiger partial charge >= 0.3 is 0 Å². The van der Waals surface area contributed by atoms with Gasteiger partial charge in [-0.1, -0.05) is 11.6 Å². The second-order valence-electron chi connectivity index (χ2n) is 5.41. The molecule has 7 heteroatoms. The standard InChI is InChI=1S/C15H16ClN3O2S/c16-13-2-1-12(22-13)15(21)18-7-4-11(5-8-18)9-19-10-17-6-3-14(19)20/h1-3,6,10-11H,4-5,7-9H2. The van der Waals surface area contributed by atoms with Crippen molar-refractivity contribution in [1.29, 1.82) is 0 Å². The molecule has 0 unspecified atom stereocenters. The van der Waals surface area contributed by atoms with E-state index in [1.807, 2.05) is 4.90 Å². The lowest BCUT2D eigenvalue weighted by atomic mass is 9.96. The van der Waals surface area contributed by atoms with Crippen LogP contribution in [-0.2, 0) is 6.54 Å². The van der Waals surface area contributed by atoms with Crippen molar-refractivity contribution in [3.63, 3.8) is 0 Å². The van der Waals surface area contributed by atoms with E-state index in [1.54, 1.807) is 23.0 Å². The van der Waals surface area contributed by atoms with E-state index < -0.39 is 0 Å². The number of thiophene rings is 1. The van der Waals surface area contributed by atoms with Crippen LogP contribution in [0.4, 0.5) is 0 Å². The minimum atomic E-state index is -0.0262. The van der Waals surface area contributed by atoms with Crippen LogP contribution in [0.3, 0.4) is 0 Å². The second kappa shape index (κ2) is 6.62. The van der Waals surface area contributed by atoms with E-state index in [0.29, 0.717) is 34.8 Å². The predicted octanol–water partition coefficient (Wildman–Crippen LogP) is 2.51. The number of piperidine rings is 1. The van der Waals surface area contributed by atoms with E-state index in [2.05, 4.69) is 4.98 Å². The molecule has 2 aromatic rings. The van der Waals surface area contributed by atoms with E-state index in [1.165, 1.54) is 23.6 Å². The summed E-state index contributed by atoms with van der Waals surface area (Å²) in [5, 5.41) is 0. The highest BCUT2D eigenvalue weighted by atomic mass is 35.5. The maximum absolute atomic E-state index is 12.3. The van der Waals surface area contributed by atoms with Crippen molar-refractivity contribution >= 4 is 28.8 Å². The van der Waals surface area contributed by atoms with Gasteiger partial charge in [-0.05, 0) is 30.9 Å². The second-order valence-corrected chi connectivity index (χ2v) is 7.13. The molecule has 22 heavy (non-hydrogen) atoms.